The minimum absolute atomic E-state index is 0.0148. The number of rotatable bonds is 5. The SMILES string of the molecule is O=C(O)c1ccccc1C(=O)NCCn1cccc1. The van der Waals surface area contributed by atoms with Crippen LogP contribution in [0.5, 0.6) is 0 Å². The number of carbonyl (C=O) groups excluding carboxylic acids is 1. The van der Waals surface area contributed by atoms with Crippen LogP contribution in [0, 0.1) is 0 Å². The Kier molecular flexibility index (Phi) is 3.97. The van der Waals surface area contributed by atoms with Crippen molar-refractivity contribution in [2.75, 3.05) is 6.54 Å². The van der Waals surface area contributed by atoms with E-state index in [4.69, 9.17) is 5.11 Å². The van der Waals surface area contributed by atoms with Gasteiger partial charge in [-0.15, -0.1) is 0 Å². The van der Waals surface area contributed by atoms with Crippen molar-refractivity contribution in [3.05, 3.63) is 59.9 Å². The topological polar surface area (TPSA) is 71.3 Å². The summed E-state index contributed by atoms with van der Waals surface area (Å²) in [5.74, 6) is -1.47. The van der Waals surface area contributed by atoms with Crippen molar-refractivity contribution in [1.82, 2.24) is 9.88 Å². The van der Waals surface area contributed by atoms with Crippen molar-refractivity contribution in [2.45, 2.75) is 6.54 Å². The smallest absolute Gasteiger partial charge is 0.336 e. The second-order valence-corrected chi connectivity index (χ2v) is 4.03. The van der Waals surface area contributed by atoms with E-state index in [0.717, 1.165) is 0 Å². The van der Waals surface area contributed by atoms with Crippen LogP contribution in [0.2, 0.25) is 0 Å². The fourth-order valence-corrected chi connectivity index (χ4v) is 1.78. The third-order valence-electron chi connectivity index (χ3n) is 2.72. The molecule has 5 nitrogen and oxygen atoms in total. The molecule has 0 bridgehead atoms. The molecule has 0 aliphatic carbocycles. The number of aromatic carboxylic acids is 1. The van der Waals surface area contributed by atoms with Gasteiger partial charge in [0.2, 0.25) is 0 Å². The molecule has 0 radical (unpaired) electrons. The third-order valence-corrected chi connectivity index (χ3v) is 2.72. The highest BCUT2D eigenvalue weighted by Crippen LogP contribution is 2.08. The molecule has 2 rings (SSSR count). The number of carboxylic acids is 1. The second-order valence-electron chi connectivity index (χ2n) is 4.03. The molecule has 0 spiro atoms. The molecule has 0 saturated carbocycles. The minimum Gasteiger partial charge on any atom is -0.478 e. The molecule has 1 aromatic carbocycles. The lowest BCUT2D eigenvalue weighted by atomic mass is 10.1. The van der Waals surface area contributed by atoms with E-state index in [0.29, 0.717) is 13.1 Å². The van der Waals surface area contributed by atoms with Crippen molar-refractivity contribution in [3.8, 4) is 0 Å². The summed E-state index contributed by atoms with van der Waals surface area (Å²) in [7, 11) is 0. The van der Waals surface area contributed by atoms with E-state index < -0.39 is 5.97 Å². The van der Waals surface area contributed by atoms with Gasteiger partial charge in [0.25, 0.3) is 5.91 Å². The Hall–Kier alpha value is -2.56. The fraction of sp³-hybridized carbons (Fsp3) is 0.143. The van der Waals surface area contributed by atoms with E-state index in [1.807, 2.05) is 29.1 Å². The molecule has 2 aromatic rings. The molecule has 1 heterocycles. The Balaban J connectivity index is 1.98. The Bertz CT molecular complexity index is 576. The molecule has 2 N–H and O–H groups in total. The zero-order valence-electron chi connectivity index (χ0n) is 10.2. The summed E-state index contributed by atoms with van der Waals surface area (Å²) >= 11 is 0. The maximum atomic E-state index is 11.9. The van der Waals surface area contributed by atoms with E-state index >= 15 is 0 Å². The monoisotopic (exact) mass is 258 g/mol. The van der Waals surface area contributed by atoms with Crippen LogP contribution in [0.15, 0.2) is 48.8 Å². The predicted molar refractivity (Wildman–Crippen MR) is 70.2 cm³/mol. The fourth-order valence-electron chi connectivity index (χ4n) is 1.78. The first kappa shape index (κ1) is 12.9. The standard InChI is InChI=1S/C14H14N2O3/c17-13(15-7-10-16-8-3-4-9-16)11-5-1-2-6-12(11)14(18)19/h1-6,8-9H,7,10H2,(H,15,17)(H,18,19). The van der Waals surface area contributed by atoms with E-state index in [2.05, 4.69) is 5.32 Å². The van der Waals surface area contributed by atoms with E-state index in [-0.39, 0.29) is 17.0 Å². The van der Waals surface area contributed by atoms with Crippen molar-refractivity contribution >= 4 is 11.9 Å². The zero-order valence-corrected chi connectivity index (χ0v) is 10.2. The third kappa shape index (κ3) is 3.22. The molecule has 1 amide bonds. The van der Waals surface area contributed by atoms with Gasteiger partial charge in [-0.1, -0.05) is 12.1 Å². The number of nitrogens with zero attached hydrogens (tertiary/aromatic N) is 1. The quantitative estimate of drug-likeness (QED) is 0.856. The summed E-state index contributed by atoms with van der Waals surface area (Å²) in [6.45, 7) is 1.09. The lowest BCUT2D eigenvalue weighted by Crippen LogP contribution is -2.28. The molecule has 0 saturated heterocycles. The van der Waals surface area contributed by atoms with Crippen LogP contribution in [-0.4, -0.2) is 28.1 Å². The first-order valence-electron chi connectivity index (χ1n) is 5.90. The van der Waals surface area contributed by atoms with Gasteiger partial charge in [0.15, 0.2) is 0 Å². The number of benzene rings is 1. The highest BCUT2D eigenvalue weighted by atomic mass is 16.4. The van der Waals surface area contributed by atoms with Crippen molar-refractivity contribution in [3.63, 3.8) is 0 Å². The number of amides is 1. The summed E-state index contributed by atoms with van der Waals surface area (Å²) in [5.41, 5.74) is 0.198. The van der Waals surface area contributed by atoms with Crippen LogP contribution in [-0.2, 0) is 6.54 Å². The van der Waals surface area contributed by atoms with E-state index in [9.17, 15) is 9.59 Å². The molecule has 0 unspecified atom stereocenters. The Labute approximate surface area is 110 Å². The second kappa shape index (κ2) is 5.86. The number of aromatic nitrogens is 1. The molecule has 5 heteroatoms. The van der Waals surface area contributed by atoms with Crippen LogP contribution in [0.1, 0.15) is 20.7 Å². The van der Waals surface area contributed by atoms with Crippen molar-refractivity contribution < 1.29 is 14.7 Å². The molecule has 0 aliphatic heterocycles. The van der Waals surface area contributed by atoms with Crippen molar-refractivity contribution in [1.29, 1.82) is 0 Å². The maximum absolute atomic E-state index is 11.9. The van der Waals surface area contributed by atoms with Gasteiger partial charge in [0, 0.05) is 25.5 Å². The molecule has 0 atom stereocenters. The largest absolute Gasteiger partial charge is 0.478 e. The van der Waals surface area contributed by atoms with Gasteiger partial charge in [0.05, 0.1) is 11.1 Å². The van der Waals surface area contributed by atoms with Gasteiger partial charge in [-0.3, -0.25) is 4.79 Å². The van der Waals surface area contributed by atoms with Crippen LogP contribution < -0.4 is 5.32 Å². The first-order valence-corrected chi connectivity index (χ1v) is 5.90. The molecular formula is C14H14N2O3. The van der Waals surface area contributed by atoms with Gasteiger partial charge in [-0.25, -0.2) is 4.79 Å². The van der Waals surface area contributed by atoms with Crippen LogP contribution in [0.4, 0.5) is 0 Å². The zero-order chi connectivity index (χ0) is 13.7. The lowest BCUT2D eigenvalue weighted by Gasteiger charge is -2.08. The average molecular weight is 258 g/mol. The van der Waals surface area contributed by atoms with Crippen LogP contribution >= 0.6 is 0 Å². The van der Waals surface area contributed by atoms with E-state index in [1.165, 1.54) is 12.1 Å². The Morgan fingerprint density at radius 3 is 2.32 bits per heavy atom. The number of hydrogen-bond donors (Lipinski definition) is 2. The minimum atomic E-state index is -1.10. The predicted octanol–water partition coefficient (Wildman–Crippen LogP) is 1.62. The van der Waals surface area contributed by atoms with Gasteiger partial charge in [-0.05, 0) is 24.3 Å². The summed E-state index contributed by atoms with van der Waals surface area (Å²) in [6.07, 6.45) is 3.80. The Morgan fingerprint density at radius 2 is 1.68 bits per heavy atom. The summed E-state index contributed by atoms with van der Waals surface area (Å²) in [5, 5.41) is 11.7. The number of nitrogens with one attached hydrogen (secondary N) is 1. The molecule has 0 aliphatic rings. The van der Waals surface area contributed by atoms with Gasteiger partial charge in [-0.2, -0.15) is 0 Å². The van der Waals surface area contributed by atoms with Crippen LogP contribution in [0.3, 0.4) is 0 Å². The average Bonchev–Trinajstić information content (AvgIpc) is 2.91. The summed E-state index contributed by atoms with van der Waals surface area (Å²) < 4.78 is 1.93. The molecule has 98 valence electrons. The molecule has 19 heavy (non-hydrogen) atoms. The normalized spacial score (nSPS) is 10.1. The highest BCUT2D eigenvalue weighted by molar-refractivity contribution is 6.04. The summed E-state index contributed by atoms with van der Waals surface area (Å²) in [4.78, 5) is 22.9. The highest BCUT2D eigenvalue weighted by Gasteiger charge is 2.14. The van der Waals surface area contributed by atoms with Gasteiger partial charge < -0.3 is 15.0 Å². The number of carboxylic acid groups (broad SMARTS) is 1. The lowest BCUT2D eigenvalue weighted by molar-refractivity contribution is 0.0691. The van der Waals surface area contributed by atoms with Gasteiger partial charge >= 0.3 is 5.97 Å². The molecule has 1 aromatic heterocycles. The van der Waals surface area contributed by atoms with Crippen molar-refractivity contribution in [2.24, 2.45) is 0 Å². The van der Waals surface area contributed by atoms with E-state index in [1.54, 1.807) is 12.1 Å². The van der Waals surface area contributed by atoms with Gasteiger partial charge in [0.1, 0.15) is 0 Å². The molecule has 0 fully saturated rings. The maximum Gasteiger partial charge on any atom is 0.336 e. The summed E-state index contributed by atoms with van der Waals surface area (Å²) in [6, 6.07) is 9.98. The van der Waals surface area contributed by atoms with Crippen LogP contribution in [0.25, 0.3) is 0 Å². The first-order chi connectivity index (χ1) is 9.18. The Morgan fingerprint density at radius 1 is 1.05 bits per heavy atom. The number of carbonyl (C=O) groups is 2. The molecular weight excluding hydrogens is 244 g/mol. The number of hydrogen-bond acceptors (Lipinski definition) is 2.